The maximum absolute atomic E-state index is 12.7. The molecule has 136 valence electrons. The lowest BCUT2D eigenvalue weighted by Gasteiger charge is -2.16. The summed E-state index contributed by atoms with van der Waals surface area (Å²) < 4.78 is 30.2. The highest BCUT2D eigenvalue weighted by atomic mass is 32.2. The molecule has 3 aromatic rings. The van der Waals surface area contributed by atoms with Gasteiger partial charge in [-0.2, -0.15) is 4.31 Å². The van der Waals surface area contributed by atoms with Crippen LogP contribution in [-0.2, 0) is 16.6 Å². The van der Waals surface area contributed by atoms with E-state index in [4.69, 9.17) is 0 Å². The molecule has 0 aromatic carbocycles. The molecule has 0 radical (unpaired) electrons. The van der Waals surface area contributed by atoms with Gasteiger partial charge in [0.05, 0.1) is 17.1 Å². The Labute approximate surface area is 151 Å². The van der Waals surface area contributed by atoms with E-state index in [1.165, 1.54) is 27.2 Å². The van der Waals surface area contributed by atoms with Crippen molar-refractivity contribution in [1.29, 1.82) is 0 Å². The molecule has 1 aliphatic heterocycles. The van der Waals surface area contributed by atoms with E-state index in [2.05, 4.69) is 4.98 Å². The topological polar surface area (TPSA) is 76.7 Å². The number of fused-ring (bicyclic) bond motifs is 1. The smallest absolute Gasteiger partial charge is 0.250 e. The molecule has 0 atom stereocenters. The van der Waals surface area contributed by atoms with Crippen LogP contribution in [0.3, 0.4) is 0 Å². The number of hydrogen-bond acceptors (Lipinski definition) is 4. The summed E-state index contributed by atoms with van der Waals surface area (Å²) in [6, 6.07) is 6.58. The Morgan fingerprint density at radius 2 is 1.81 bits per heavy atom. The van der Waals surface area contributed by atoms with Crippen LogP contribution < -0.4 is 5.56 Å². The molecule has 0 bridgehead atoms. The van der Waals surface area contributed by atoms with Gasteiger partial charge in [0.25, 0.3) is 5.56 Å². The van der Waals surface area contributed by atoms with E-state index in [1.807, 2.05) is 35.9 Å². The number of aryl methyl sites for hydroxylation is 1. The van der Waals surface area contributed by atoms with Crippen LogP contribution in [0, 0.1) is 6.92 Å². The molecule has 0 N–H and O–H groups in total. The Balaban J connectivity index is 1.68. The van der Waals surface area contributed by atoms with Gasteiger partial charge in [-0.1, -0.05) is 6.07 Å². The first-order chi connectivity index (χ1) is 12.4. The minimum Gasteiger partial charge on any atom is -0.308 e. The highest BCUT2D eigenvalue weighted by Gasteiger charge is 2.27. The van der Waals surface area contributed by atoms with Crippen molar-refractivity contribution in [3.05, 3.63) is 64.5 Å². The highest BCUT2D eigenvalue weighted by Crippen LogP contribution is 2.20. The number of nitrogens with zero attached hydrogens (tertiary/aromatic N) is 4. The van der Waals surface area contributed by atoms with Crippen molar-refractivity contribution in [2.75, 3.05) is 13.1 Å². The van der Waals surface area contributed by atoms with Crippen LogP contribution in [0.25, 0.3) is 5.65 Å². The van der Waals surface area contributed by atoms with E-state index in [-0.39, 0.29) is 17.0 Å². The maximum Gasteiger partial charge on any atom is 0.250 e. The lowest BCUT2D eigenvalue weighted by Crippen LogP contribution is -2.29. The molecular weight excluding hydrogens is 352 g/mol. The Morgan fingerprint density at radius 1 is 1.04 bits per heavy atom. The van der Waals surface area contributed by atoms with Crippen molar-refractivity contribution in [1.82, 2.24) is 18.3 Å². The predicted octanol–water partition coefficient (Wildman–Crippen LogP) is 1.64. The summed E-state index contributed by atoms with van der Waals surface area (Å²) in [5, 5.41) is 0. The monoisotopic (exact) mass is 372 g/mol. The third kappa shape index (κ3) is 3.06. The molecule has 0 saturated carbocycles. The van der Waals surface area contributed by atoms with Crippen molar-refractivity contribution in [2.24, 2.45) is 0 Å². The van der Waals surface area contributed by atoms with E-state index in [1.54, 1.807) is 0 Å². The van der Waals surface area contributed by atoms with Crippen LogP contribution in [0.4, 0.5) is 0 Å². The second kappa shape index (κ2) is 6.37. The summed E-state index contributed by atoms with van der Waals surface area (Å²) in [4.78, 5) is 16.9. The fraction of sp³-hybridized carbons (Fsp3) is 0.333. The molecular formula is C18H20N4O3S. The number of rotatable bonds is 4. The zero-order chi connectivity index (χ0) is 18.3. The van der Waals surface area contributed by atoms with Crippen molar-refractivity contribution in [3.63, 3.8) is 0 Å². The molecule has 0 spiro atoms. The van der Waals surface area contributed by atoms with Gasteiger partial charge in [0, 0.05) is 37.7 Å². The first-order valence-electron chi connectivity index (χ1n) is 8.58. The van der Waals surface area contributed by atoms with Gasteiger partial charge >= 0.3 is 0 Å². The molecule has 1 fully saturated rings. The van der Waals surface area contributed by atoms with Crippen LogP contribution in [-0.4, -0.2) is 39.8 Å². The summed E-state index contributed by atoms with van der Waals surface area (Å²) >= 11 is 0. The molecule has 4 rings (SSSR count). The van der Waals surface area contributed by atoms with Gasteiger partial charge in [0.1, 0.15) is 5.65 Å². The van der Waals surface area contributed by atoms with Gasteiger partial charge in [0.15, 0.2) is 0 Å². The molecule has 0 unspecified atom stereocenters. The number of pyridine rings is 2. The van der Waals surface area contributed by atoms with Crippen LogP contribution >= 0.6 is 0 Å². The Bertz CT molecular complexity index is 1120. The molecule has 4 heterocycles. The van der Waals surface area contributed by atoms with E-state index in [0.717, 1.165) is 24.1 Å². The van der Waals surface area contributed by atoms with E-state index >= 15 is 0 Å². The van der Waals surface area contributed by atoms with Crippen LogP contribution in [0.15, 0.2) is 52.5 Å². The zero-order valence-corrected chi connectivity index (χ0v) is 15.3. The average Bonchev–Trinajstić information content (AvgIpc) is 3.26. The van der Waals surface area contributed by atoms with Crippen LogP contribution in [0.2, 0.25) is 0 Å². The van der Waals surface area contributed by atoms with Crippen molar-refractivity contribution in [2.45, 2.75) is 31.2 Å². The number of aromatic nitrogens is 3. The van der Waals surface area contributed by atoms with Crippen LogP contribution in [0.5, 0.6) is 0 Å². The standard InChI is InChI=1S/C18H20N4O3S/c1-14-4-6-17-19-15(11-20(17)10-14)12-21-13-16(5-7-18(21)23)26(24,25)22-8-2-3-9-22/h4-7,10-11,13H,2-3,8-9,12H2,1H3. The molecule has 1 saturated heterocycles. The zero-order valence-electron chi connectivity index (χ0n) is 14.5. The fourth-order valence-corrected chi connectivity index (χ4v) is 4.81. The summed E-state index contributed by atoms with van der Waals surface area (Å²) in [6.07, 6.45) is 6.99. The van der Waals surface area contributed by atoms with Crippen molar-refractivity contribution < 1.29 is 8.42 Å². The lowest BCUT2D eigenvalue weighted by molar-refractivity contribution is 0.476. The van der Waals surface area contributed by atoms with Gasteiger partial charge in [0.2, 0.25) is 10.0 Å². The van der Waals surface area contributed by atoms with Gasteiger partial charge in [-0.25, -0.2) is 13.4 Å². The second-order valence-corrected chi connectivity index (χ2v) is 8.58. The SMILES string of the molecule is Cc1ccc2nc(Cn3cc(S(=O)(=O)N4CCCC4)ccc3=O)cn2c1. The van der Waals surface area contributed by atoms with Crippen LogP contribution in [0.1, 0.15) is 24.1 Å². The minimum absolute atomic E-state index is 0.151. The van der Waals surface area contributed by atoms with Crippen molar-refractivity contribution in [3.8, 4) is 0 Å². The van der Waals surface area contributed by atoms with E-state index in [9.17, 15) is 13.2 Å². The Hall–Kier alpha value is -2.45. The molecule has 8 heteroatoms. The van der Waals surface area contributed by atoms with Gasteiger partial charge in [-0.05, 0) is 37.5 Å². The first kappa shape index (κ1) is 17.0. The number of hydrogen-bond donors (Lipinski definition) is 0. The second-order valence-electron chi connectivity index (χ2n) is 6.65. The normalized spacial score (nSPS) is 15.7. The summed E-state index contributed by atoms with van der Waals surface area (Å²) in [6.45, 7) is 3.29. The molecule has 3 aromatic heterocycles. The van der Waals surface area contributed by atoms with E-state index < -0.39 is 10.0 Å². The highest BCUT2D eigenvalue weighted by molar-refractivity contribution is 7.89. The average molecular weight is 372 g/mol. The Kier molecular flexibility index (Phi) is 4.16. The summed E-state index contributed by atoms with van der Waals surface area (Å²) in [7, 11) is -3.55. The minimum atomic E-state index is -3.55. The van der Waals surface area contributed by atoms with Gasteiger partial charge in [-0.3, -0.25) is 4.79 Å². The fourth-order valence-electron chi connectivity index (χ4n) is 3.27. The van der Waals surface area contributed by atoms with E-state index in [0.29, 0.717) is 18.8 Å². The van der Waals surface area contributed by atoms with Gasteiger partial charge in [-0.15, -0.1) is 0 Å². The molecule has 1 aliphatic rings. The first-order valence-corrected chi connectivity index (χ1v) is 10.0. The predicted molar refractivity (Wildman–Crippen MR) is 97.7 cm³/mol. The molecule has 26 heavy (non-hydrogen) atoms. The molecule has 0 amide bonds. The van der Waals surface area contributed by atoms with Crippen molar-refractivity contribution >= 4 is 15.7 Å². The number of imidazole rings is 1. The number of sulfonamides is 1. The third-order valence-electron chi connectivity index (χ3n) is 4.64. The molecule has 0 aliphatic carbocycles. The summed E-state index contributed by atoms with van der Waals surface area (Å²) in [5.41, 5.74) is 2.35. The summed E-state index contributed by atoms with van der Waals surface area (Å²) in [5.74, 6) is 0. The maximum atomic E-state index is 12.7. The molecule has 7 nitrogen and oxygen atoms in total. The largest absolute Gasteiger partial charge is 0.308 e. The third-order valence-corrected chi connectivity index (χ3v) is 6.52. The van der Waals surface area contributed by atoms with Gasteiger partial charge < -0.3 is 8.97 Å². The quantitative estimate of drug-likeness (QED) is 0.698. The lowest BCUT2D eigenvalue weighted by atomic mass is 10.3. The Morgan fingerprint density at radius 3 is 2.58 bits per heavy atom.